The summed E-state index contributed by atoms with van der Waals surface area (Å²) >= 11 is 13.5. The second kappa shape index (κ2) is 7.19. The van der Waals surface area contributed by atoms with E-state index in [4.69, 9.17) is 27.6 Å². The van der Waals surface area contributed by atoms with Crippen molar-refractivity contribution in [3.63, 3.8) is 0 Å². The molecule has 0 spiro atoms. The Hall–Kier alpha value is -1.74. The lowest BCUT2D eigenvalue weighted by molar-refractivity contribution is 0.521. The fourth-order valence-corrected chi connectivity index (χ4v) is 8.09. The number of aryl methyl sites for hydroxylation is 2. The Morgan fingerprint density at radius 3 is 2.14 bits per heavy atom. The van der Waals surface area contributed by atoms with Gasteiger partial charge in [-0.15, -0.1) is 0 Å². The van der Waals surface area contributed by atoms with Crippen LogP contribution < -0.4 is 5.19 Å². The van der Waals surface area contributed by atoms with E-state index in [1.807, 2.05) is 13.0 Å². The topological polar surface area (TPSA) is 13.1 Å². The van der Waals surface area contributed by atoms with Gasteiger partial charge in [-0.25, -0.2) is 0 Å². The third-order valence-corrected chi connectivity index (χ3v) is 8.76. The average molecular weight is 441 g/mol. The first kappa shape index (κ1) is 20.5. The molecule has 0 atom stereocenters. The maximum Gasteiger partial charge on any atom is 0.130 e. The van der Waals surface area contributed by atoms with Gasteiger partial charge < -0.3 is 4.42 Å². The van der Waals surface area contributed by atoms with Crippen LogP contribution in [0.2, 0.25) is 29.7 Å². The van der Waals surface area contributed by atoms with Crippen LogP contribution in [0.3, 0.4) is 0 Å². The van der Waals surface area contributed by atoms with Crippen molar-refractivity contribution in [1.29, 1.82) is 0 Å². The Balaban J connectivity index is 1.92. The first-order valence-electron chi connectivity index (χ1n) is 9.96. The number of hydrogen-bond acceptors (Lipinski definition) is 1. The summed E-state index contributed by atoms with van der Waals surface area (Å²) in [4.78, 5) is 0. The van der Waals surface area contributed by atoms with Gasteiger partial charge in [0.2, 0.25) is 0 Å². The molecule has 0 amide bonds. The van der Waals surface area contributed by atoms with Gasteiger partial charge in [0.15, 0.2) is 0 Å². The van der Waals surface area contributed by atoms with E-state index in [0.717, 1.165) is 38.7 Å². The highest BCUT2D eigenvalue weighted by Crippen LogP contribution is 2.42. The van der Waals surface area contributed by atoms with Gasteiger partial charge in [0.25, 0.3) is 0 Å². The normalized spacial score (nSPS) is 13.6. The SMILES string of the molecule is Cc1ccc(C2=Cc3c(cc(C)c(C)c3-c3cc(Cl)c([Si](C)(C)C)c(Cl)c3)C2)o1. The van der Waals surface area contributed by atoms with Gasteiger partial charge in [0.05, 0.1) is 8.07 Å². The molecule has 0 aliphatic heterocycles. The zero-order chi connectivity index (χ0) is 21.1. The lowest BCUT2D eigenvalue weighted by Crippen LogP contribution is -2.39. The van der Waals surface area contributed by atoms with E-state index in [1.54, 1.807) is 0 Å². The summed E-state index contributed by atoms with van der Waals surface area (Å²) in [6.07, 6.45) is 3.15. The molecule has 4 heteroatoms. The minimum Gasteiger partial charge on any atom is -0.462 e. The first-order valence-corrected chi connectivity index (χ1v) is 14.2. The van der Waals surface area contributed by atoms with E-state index in [1.165, 1.54) is 33.4 Å². The van der Waals surface area contributed by atoms with Crippen molar-refractivity contribution in [3.8, 4) is 11.1 Å². The zero-order valence-electron chi connectivity index (χ0n) is 17.8. The number of rotatable bonds is 3. The third-order valence-electron chi connectivity index (χ3n) is 5.81. The molecule has 0 N–H and O–H groups in total. The lowest BCUT2D eigenvalue weighted by Gasteiger charge is -2.22. The lowest BCUT2D eigenvalue weighted by atomic mass is 9.90. The van der Waals surface area contributed by atoms with E-state index in [2.05, 4.69) is 63.8 Å². The van der Waals surface area contributed by atoms with E-state index in [0.29, 0.717) is 0 Å². The summed E-state index contributed by atoms with van der Waals surface area (Å²) < 4.78 is 5.89. The molecule has 0 saturated heterocycles. The summed E-state index contributed by atoms with van der Waals surface area (Å²) in [5.41, 5.74) is 8.67. The Bertz CT molecular complexity index is 1140. The summed E-state index contributed by atoms with van der Waals surface area (Å²) in [7, 11) is -1.63. The second-order valence-electron chi connectivity index (χ2n) is 9.09. The summed E-state index contributed by atoms with van der Waals surface area (Å²) in [5, 5.41) is 2.70. The molecular formula is C25H26Cl2OSi. The molecule has 29 heavy (non-hydrogen) atoms. The van der Waals surface area contributed by atoms with Gasteiger partial charge in [-0.05, 0) is 95.3 Å². The molecule has 4 rings (SSSR count). The van der Waals surface area contributed by atoms with E-state index in [-0.39, 0.29) is 0 Å². The molecule has 1 aliphatic carbocycles. The van der Waals surface area contributed by atoms with Crippen molar-refractivity contribution < 1.29 is 4.42 Å². The van der Waals surface area contributed by atoms with Crippen LogP contribution in [0.5, 0.6) is 0 Å². The van der Waals surface area contributed by atoms with Gasteiger partial charge in [-0.2, -0.15) is 0 Å². The van der Waals surface area contributed by atoms with Crippen molar-refractivity contribution in [3.05, 3.63) is 74.2 Å². The smallest absolute Gasteiger partial charge is 0.130 e. The predicted octanol–water partition coefficient (Wildman–Crippen LogP) is 7.82. The van der Waals surface area contributed by atoms with Crippen LogP contribution in [0.25, 0.3) is 22.8 Å². The fourth-order valence-electron chi connectivity index (χ4n) is 4.32. The summed E-state index contributed by atoms with van der Waals surface area (Å²) in [5.74, 6) is 1.88. The molecule has 1 aliphatic rings. The molecule has 0 saturated carbocycles. The van der Waals surface area contributed by atoms with Crippen LogP contribution in [0.1, 0.15) is 33.8 Å². The van der Waals surface area contributed by atoms with Crippen LogP contribution in [0, 0.1) is 20.8 Å². The molecule has 0 radical (unpaired) electrons. The zero-order valence-corrected chi connectivity index (χ0v) is 20.3. The van der Waals surface area contributed by atoms with E-state index in [9.17, 15) is 0 Å². The third kappa shape index (κ3) is 3.63. The highest BCUT2D eigenvalue weighted by molar-refractivity contribution is 6.91. The Kier molecular flexibility index (Phi) is 5.09. The van der Waals surface area contributed by atoms with Gasteiger partial charge in [-0.1, -0.05) is 48.9 Å². The quantitative estimate of drug-likeness (QED) is 0.378. The van der Waals surface area contributed by atoms with Crippen LogP contribution >= 0.6 is 23.2 Å². The highest BCUT2D eigenvalue weighted by atomic mass is 35.5. The number of fused-ring (bicyclic) bond motifs is 1. The Labute approximate surface area is 184 Å². The Morgan fingerprint density at radius 1 is 0.931 bits per heavy atom. The second-order valence-corrected chi connectivity index (χ2v) is 14.9. The monoisotopic (exact) mass is 440 g/mol. The van der Waals surface area contributed by atoms with Crippen molar-refractivity contribution >= 4 is 48.1 Å². The molecule has 1 heterocycles. The Morgan fingerprint density at radius 2 is 1.59 bits per heavy atom. The number of allylic oxidation sites excluding steroid dienone is 1. The van der Waals surface area contributed by atoms with E-state index < -0.39 is 8.07 Å². The average Bonchev–Trinajstić information content (AvgIpc) is 3.19. The van der Waals surface area contributed by atoms with Crippen molar-refractivity contribution in [2.24, 2.45) is 0 Å². The maximum absolute atomic E-state index is 6.76. The molecular weight excluding hydrogens is 415 g/mol. The standard InChI is InChI=1S/C25H26Cl2OSi/c1-14-9-17-10-18(23-8-7-15(2)28-23)11-20(17)24(16(14)3)19-12-21(26)25(22(27)13-19)29(4,5)6/h7-9,11-13H,10H2,1-6H3. The van der Waals surface area contributed by atoms with Gasteiger partial charge in [0.1, 0.15) is 11.5 Å². The summed E-state index contributed by atoms with van der Waals surface area (Å²) in [6.45, 7) is 13.2. The molecule has 150 valence electrons. The van der Waals surface area contributed by atoms with Crippen LogP contribution in [-0.2, 0) is 6.42 Å². The molecule has 1 nitrogen and oxygen atoms in total. The summed E-state index contributed by atoms with van der Waals surface area (Å²) in [6, 6.07) is 10.6. The van der Waals surface area contributed by atoms with Crippen molar-refractivity contribution in [1.82, 2.24) is 0 Å². The van der Waals surface area contributed by atoms with E-state index >= 15 is 0 Å². The molecule has 0 fully saturated rings. The number of furan rings is 1. The van der Waals surface area contributed by atoms with Crippen molar-refractivity contribution in [2.45, 2.75) is 46.8 Å². The maximum atomic E-state index is 6.76. The first-order chi connectivity index (χ1) is 13.6. The largest absolute Gasteiger partial charge is 0.462 e. The minimum atomic E-state index is -1.63. The van der Waals surface area contributed by atoms with Gasteiger partial charge in [0, 0.05) is 16.5 Å². The molecule has 0 unspecified atom stereocenters. The van der Waals surface area contributed by atoms with Gasteiger partial charge in [-0.3, -0.25) is 0 Å². The van der Waals surface area contributed by atoms with Crippen LogP contribution in [0.4, 0.5) is 0 Å². The van der Waals surface area contributed by atoms with Crippen LogP contribution in [-0.4, -0.2) is 8.07 Å². The highest BCUT2D eigenvalue weighted by Gasteiger charge is 2.26. The number of hydrogen-bond donors (Lipinski definition) is 0. The molecule has 3 aromatic rings. The van der Waals surface area contributed by atoms with Gasteiger partial charge >= 0.3 is 0 Å². The predicted molar refractivity (Wildman–Crippen MR) is 129 cm³/mol. The number of halogens is 2. The van der Waals surface area contributed by atoms with Crippen molar-refractivity contribution in [2.75, 3.05) is 0 Å². The molecule has 1 aromatic heterocycles. The fraction of sp³-hybridized carbons (Fsp3) is 0.280. The minimum absolute atomic E-state index is 0.783. The molecule has 0 bridgehead atoms. The molecule has 2 aromatic carbocycles. The number of benzene rings is 2. The van der Waals surface area contributed by atoms with Crippen LogP contribution in [0.15, 0.2) is 34.7 Å².